The van der Waals surface area contributed by atoms with Crippen molar-refractivity contribution in [3.8, 4) is 0 Å². The SMILES string of the molecule is Cc1cc(/C=C/C2=NCCN(C)c3cc(Br)ccc32)ccc1Cl. The monoisotopic (exact) mass is 388 g/mol. The van der Waals surface area contributed by atoms with E-state index in [2.05, 4.69) is 64.3 Å². The fraction of sp³-hybridized carbons (Fsp3) is 0.211. The summed E-state index contributed by atoms with van der Waals surface area (Å²) in [6, 6.07) is 12.4. The lowest BCUT2D eigenvalue weighted by molar-refractivity contribution is 0.896. The number of likely N-dealkylation sites (N-methyl/N-ethyl adjacent to an activating group) is 1. The number of benzodiazepines with no additional fused rings is 1. The van der Waals surface area contributed by atoms with Crippen LogP contribution in [-0.2, 0) is 0 Å². The molecule has 0 N–H and O–H groups in total. The quantitative estimate of drug-likeness (QED) is 0.675. The Kier molecular flexibility index (Phi) is 4.88. The maximum Gasteiger partial charge on any atom is 0.0668 e. The van der Waals surface area contributed by atoms with Crippen molar-refractivity contribution in [2.24, 2.45) is 4.99 Å². The van der Waals surface area contributed by atoms with Crippen LogP contribution in [0.25, 0.3) is 6.08 Å². The number of halogens is 2. The zero-order valence-electron chi connectivity index (χ0n) is 13.2. The van der Waals surface area contributed by atoms with Crippen LogP contribution in [0.4, 0.5) is 5.69 Å². The average molecular weight is 390 g/mol. The maximum atomic E-state index is 6.09. The summed E-state index contributed by atoms with van der Waals surface area (Å²) < 4.78 is 1.08. The van der Waals surface area contributed by atoms with Gasteiger partial charge >= 0.3 is 0 Å². The summed E-state index contributed by atoms with van der Waals surface area (Å²) in [5, 5.41) is 0.797. The summed E-state index contributed by atoms with van der Waals surface area (Å²) in [4.78, 5) is 6.99. The Labute approximate surface area is 150 Å². The predicted octanol–water partition coefficient (Wildman–Crippen LogP) is 5.36. The van der Waals surface area contributed by atoms with E-state index in [0.717, 1.165) is 45.0 Å². The largest absolute Gasteiger partial charge is 0.372 e. The van der Waals surface area contributed by atoms with Crippen molar-refractivity contribution < 1.29 is 0 Å². The molecular formula is C19H18BrClN2. The predicted molar refractivity (Wildman–Crippen MR) is 104 cm³/mol. The number of allylic oxidation sites excluding steroid dienone is 1. The third kappa shape index (κ3) is 3.67. The van der Waals surface area contributed by atoms with E-state index in [-0.39, 0.29) is 0 Å². The summed E-state index contributed by atoms with van der Waals surface area (Å²) >= 11 is 9.65. The molecule has 0 fully saturated rings. The molecule has 0 amide bonds. The number of benzene rings is 2. The van der Waals surface area contributed by atoms with Gasteiger partial charge in [0.25, 0.3) is 0 Å². The lowest BCUT2D eigenvalue weighted by Gasteiger charge is -2.19. The van der Waals surface area contributed by atoms with Gasteiger partial charge in [-0.3, -0.25) is 4.99 Å². The van der Waals surface area contributed by atoms with E-state index in [4.69, 9.17) is 16.6 Å². The second-order valence-electron chi connectivity index (χ2n) is 5.69. The van der Waals surface area contributed by atoms with Gasteiger partial charge in [-0.05, 0) is 48.4 Å². The molecule has 2 nitrogen and oxygen atoms in total. The van der Waals surface area contributed by atoms with Crippen LogP contribution in [0.1, 0.15) is 16.7 Å². The van der Waals surface area contributed by atoms with Crippen molar-refractivity contribution in [3.63, 3.8) is 0 Å². The van der Waals surface area contributed by atoms with Gasteiger partial charge in [-0.2, -0.15) is 0 Å². The van der Waals surface area contributed by atoms with Crippen LogP contribution < -0.4 is 4.90 Å². The number of aliphatic imine (C=N–C) groups is 1. The van der Waals surface area contributed by atoms with Gasteiger partial charge in [0.15, 0.2) is 0 Å². The standard InChI is InChI=1S/C19H18BrClN2/c1-13-11-14(3-7-17(13)21)4-8-18-16-6-5-15(20)12-19(16)23(2)10-9-22-18/h3-8,11-12H,9-10H2,1-2H3/b8-4+. The van der Waals surface area contributed by atoms with E-state index < -0.39 is 0 Å². The number of nitrogens with zero attached hydrogens (tertiary/aromatic N) is 2. The molecule has 3 rings (SSSR count). The molecule has 0 saturated carbocycles. The van der Waals surface area contributed by atoms with E-state index in [1.807, 2.05) is 19.1 Å². The van der Waals surface area contributed by atoms with Gasteiger partial charge in [-0.1, -0.05) is 45.7 Å². The molecule has 2 aromatic carbocycles. The highest BCUT2D eigenvalue weighted by Gasteiger charge is 2.14. The molecule has 1 heterocycles. The summed E-state index contributed by atoms with van der Waals surface area (Å²) in [6.45, 7) is 3.73. The minimum atomic E-state index is 0.794. The summed E-state index contributed by atoms with van der Waals surface area (Å²) in [5.41, 5.74) is 5.60. The first-order valence-electron chi connectivity index (χ1n) is 7.54. The Morgan fingerprint density at radius 1 is 1.17 bits per heavy atom. The third-order valence-electron chi connectivity index (χ3n) is 3.98. The van der Waals surface area contributed by atoms with Gasteiger partial charge in [0.1, 0.15) is 0 Å². The normalized spacial score (nSPS) is 14.6. The first-order valence-corrected chi connectivity index (χ1v) is 8.71. The number of hydrogen-bond acceptors (Lipinski definition) is 2. The highest BCUT2D eigenvalue weighted by molar-refractivity contribution is 9.10. The molecule has 0 aliphatic carbocycles. The molecule has 1 aliphatic rings. The third-order valence-corrected chi connectivity index (χ3v) is 4.90. The lowest BCUT2D eigenvalue weighted by atomic mass is 10.0. The molecule has 0 atom stereocenters. The van der Waals surface area contributed by atoms with Crippen molar-refractivity contribution >= 4 is 45.0 Å². The smallest absolute Gasteiger partial charge is 0.0668 e. The fourth-order valence-corrected chi connectivity index (χ4v) is 3.12. The van der Waals surface area contributed by atoms with E-state index in [9.17, 15) is 0 Å². The van der Waals surface area contributed by atoms with Crippen LogP contribution in [0, 0.1) is 6.92 Å². The molecule has 0 spiro atoms. The number of rotatable bonds is 2. The molecule has 23 heavy (non-hydrogen) atoms. The minimum absolute atomic E-state index is 0.794. The van der Waals surface area contributed by atoms with E-state index in [0.29, 0.717) is 0 Å². The molecule has 0 radical (unpaired) electrons. The molecule has 0 unspecified atom stereocenters. The topological polar surface area (TPSA) is 15.6 Å². The second-order valence-corrected chi connectivity index (χ2v) is 7.01. The highest BCUT2D eigenvalue weighted by Crippen LogP contribution is 2.27. The summed E-state index contributed by atoms with van der Waals surface area (Å²) in [6.07, 6.45) is 4.19. The second kappa shape index (κ2) is 6.90. The van der Waals surface area contributed by atoms with Gasteiger partial charge in [-0.15, -0.1) is 0 Å². The minimum Gasteiger partial charge on any atom is -0.372 e. The van der Waals surface area contributed by atoms with Crippen molar-refractivity contribution in [1.82, 2.24) is 0 Å². The highest BCUT2D eigenvalue weighted by atomic mass is 79.9. The Bertz CT molecular complexity index is 796. The van der Waals surface area contributed by atoms with Gasteiger partial charge in [0.05, 0.1) is 12.3 Å². The molecule has 2 aromatic rings. The Morgan fingerprint density at radius 2 is 2.00 bits per heavy atom. The van der Waals surface area contributed by atoms with Crippen LogP contribution in [0.15, 0.2) is 51.9 Å². The van der Waals surface area contributed by atoms with Crippen LogP contribution >= 0.6 is 27.5 Å². The van der Waals surface area contributed by atoms with Crippen LogP contribution in [0.2, 0.25) is 5.02 Å². The van der Waals surface area contributed by atoms with Gasteiger partial charge < -0.3 is 4.90 Å². The molecular weight excluding hydrogens is 372 g/mol. The van der Waals surface area contributed by atoms with Gasteiger partial charge in [0.2, 0.25) is 0 Å². The van der Waals surface area contributed by atoms with Crippen molar-refractivity contribution in [2.45, 2.75) is 6.92 Å². The Balaban J connectivity index is 1.96. The Hall–Kier alpha value is -1.58. The van der Waals surface area contributed by atoms with Crippen LogP contribution in [0.5, 0.6) is 0 Å². The molecule has 1 aliphatic heterocycles. The van der Waals surface area contributed by atoms with Crippen molar-refractivity contribution in [3.05, 3.63) is 68.7 Å². The number of hydrogen-bond donors (Lipinski definition) is 0. The van der Waals surface area contributed by atoms with Crippen molar-refractivity contribution in [1.29, 1.82) is 0 Å². The number of fused-ring (bicyclic) bond motifs is 1. The first-order chi connectivity index (χ1) is 11.0. The van der Waals surface area contributed by atoms with Crippen molar-refractivity contribution in [2.75, 3.05) is 25.0 Å². The zero-order chi connectivity index (χ0) is 16.4. The number of aryl methyl sites for hydroxylation is 1. The van der Waals surface area contributed by atoms with E-state index >= 15 is 0 Å². The zero-order valence-corrected chi connectivity index (χ0v) is 15.5. The lowest BCUT2D eigenvalue weighted by Crippen LogP contribution is -2.20. The van der Waals surface area contributed by atoms with Crippen LogP contribution in [0.3, 0.4) is 0 Å². The van der Waals surface area contributed by atoms with Crippen LogP contribution in [-0.4, -0.2) is 25.8 Å². The Morgan fingerprint density at radius 3 is 2.78 bits per heavy atom. The first kappa shape index (κ1) is 16.3. The average Bonchev–Trinajstić information content (AvgIpc) is 2.68. The number of anilines is 1. The summed E-state index contributed by atoms with van der Waals surface area (Å²) in [5.74, 6) is 0. The van der Waals surface area contributed by atoms with E-state index in [1.54, 1.807) is 0 Å². The molecule has 0 saturated heterocycles. The molecule has 0 bridgehead atoms. The van der Waals surface area contributed by atoms with E-state index in [1.165, 1.54) is 5.69 Å². The summed E-state index contributed by atoms with van der Waals surface area (Å²) in [7, 11) is 2.11. The molecule has 0 aromatic heterocycles. The van der Waals surface area contributed by atoms with Gasteiger partial charge in [-0.25, -0.2) is 0 Å². The van der Waals surface area contributed by atoms with Gasteiger partial charge in [0, 0.05) is 34.3 Å². The molecule has 118 valence electrons. The maximum absolute atomic E-state index is 6.09. The molecule has 4 heteroatoms. The fourth-order valence-electron chi connectivity index (χ4n) is 2.65.